The van der Waals surface area contributed by atoms with Crippen molar-refractivity contribution in [2.24, 2.45) is 5.73 Å². The summed E-state index contributed by atoms with van der Waals surface area (Å²) in [7, 11) is 0. The smallest absolute Gasteiger partial charge is 0.251 e. The topological polar surface area (TPSA) is 55.1 Å². The Morgan fingerprint density at radius 2 is 2.05 bits per heavy atom. The highest BCUT2D eigenvalue weighted by molar-refractivity contribution is 9.10. The van der Waals surface area contributed by atoms with Crippen molar-refractivity contribution in [3.8, 4) is 0 Å². The van der Waals surface area contributed by atoms with E-state index < -0.39 is 11.7 Å². The Balaban J connectivity index is 2.12. The molecular weight excluding hydrogens is 347 g/mol. The lowest BCUT2D eigenvalue weighted by Gasteiger charge is -2.09. The third-order valence-corrected chi connectivity index (χ3v) is 3.94. The Bertz CT molecular complexity index is 664. The lowest BCUT2D eigenvalue weighted by atomic mass is 10.1. The van der Waals surface area contributed by atoms with E-state index in [1.54, 1.807) is 6.07 Å². The molecule has 2 aromatic rings. The van der Waals surface area contributed by atoms with Crippen molar-refractivity contribution >= 4 is 39.1 Å². The predicted octanol–water partition coefficient (Wildman–Crippen LogP) is 3.95. The summed E-state index contributed by atoms with van der Waals surface area (Å²) < 4.78 is 14.1. The van der Waals surface area contributed by atoms with Crippen LogP contribution in [0.3, 0.4) is 0 Å². The molecule has 0 fully saturated rings. The number of benzene rings is 2. The highest BCUT2D eigenvalue weighted by atomic mass is 79.9. The van der Waals surface area contributed by atoms with E-state index >= 15 is 0 Å². The molecule has 2 rings (SSSR count). The molecule has 0 atom stereocenters. The van der Waals surface area contributed by atoms with Crippen LogP contribution in [0.25, 0.3) is 0 Å². The van der Waals surface area contributed by atoms with Gasteiger partial charge in [0.25, 0.3) is 5.91 Å². The van der Waals surface area contributed by atoms with Crippen LogP contribution in [0.1, 0.15) is 15.9 Å². The Labute approximate surface area is 129 Å². The average molecular weight is 358 g/mol. The van der Waals surface area contributed by atoms with Gasteiger partial charge in [-0.3, -0.25) is 4.79 Å². The van der Waals surface area contributed by atoms with Gasteiger partial charge in [-0.1, -0.05) is 17.7 Å². The largest absolute Gasteiger partial charge is 0.381 e. The molecule has 0 aliphatic heterocycles. The number of halogens is 3. The maximum Gasteiger partial charge on any atom is 0.251 e. The van der Waals surface area contributed by atoms with Crippen molar-refractivity contribution in [1.29, 1.82) is 0 Å². The van der Waals surface area contributed by atoms with Crippen molar-refractivity contribution in [3.63, 3.8) is 0 Å². The summed E-state index contributed by atoms with van der Waals surface area (Å²) in [5.74, 6) is -1.42. The van der Waals surface area contributed by atoms with Gasteiger partial charge in [-0.15, -0.1) is 0 Å². The molecule has 3 nitrogen and oxygen atoms in total. The molecule has 0 bridgehead atoms. The first-order chi connectivity index (χ1) is 9.47. The van der Waals surface area contributed by atoms with Crippen molar-refractivity contribution in [1.82, 2.24) is 0 Å². The molecule has 0 aromatic heterocycles. The SMILES string of the molecule is NC(=O)c1cc(NCc2ccc(Br)c(Cl)c2)ccc1F. The molecule has 20 heavy (non-hydrogen) atoms. The number of nitrogens with one attached hydrogen (secondary N) is 1. The first-order valence-corrected chi connectivity index (χ1v) is 6.91. The highest BCUT2D eigenvalue weighted by Gasteiger charge is 2.08. The fourth-order valence-electron chi connectivity index (χ4n) is 1.68. The number of carbonyl (C=O) groups excluding carboxylic acids is 1. The van der Waals surface area contributed by atoms with Crippen LogP contribution in [-0.4, -0.2) is 5.91 Å². The zero-order valence-corrected chi connectivity index (χ0v) is 12.6. The molecule has 104 valence electrons. The summed E-state index contributed by atoms with van der Waals surface area (Å²) in [6.07, 6.45) is 0. The Kier molecular flexibility index (Phi) is 4.62. The third kappa shape index (κ3) is 3.49. The summed E-state index contributed by atoms with van der Waals surface area (Å²) >= 11 is 9.31. The number of hydrogen-bond acceptors (Lipinski definition) is 2. The van der Waals surface area contributed by atoms with Gasteiger partial charge in [0.15, 0.2) is 0 Å². The van der Waals surface area contributed by atoms with Crippen LogP contribution in [0.5, 0.6) is 0 Å². The third-order valence-electron chi connectivity index (χ3n) is 2.71. The van der Waals surface area contributed by atoms with Crippen LogP contribution in [0, 0.1) is 5.82 Å². The minimum atomic E-state index is -0.794. The monoisotopic (exact) mass is 356 g/mol. The normalized spacial score (nSPS) is 10.3. The molecule has 1 amide bonds. The summed E-state index contributed by atoms with van der Waals surface area (Å²) in [5.41, 5.74) is 6.53. The Morgan fingerprint density at radius 1 is 1.30 bits per heavy atom. The van der Waals surface area contributed by atoms with E-state index in [9.17, 15) is 9.18 Å². The van der Waals surface area contributed by atoms with Crippen molar-refractivity contribution in [2.75, 3.05) is 5.32 Å². The second-order valence-corrected chi connectivity index (χ2v) is 5.42. The molecule has 0 radical (unpaired) electrons. The van der Waals surface area contributed by atoms with Gasteiger partial charge in [0, 0.05) is 16.7 Å². The van der Waals surface area contributed by atoms with Crippen LogP contribution in [0.4, 0.5) is 10.1 Å². The average Bonchev–Trinajstić information content (AvgIpc) is 2.41. The second kappa shape index (κ2) is 6.24. The second-order valence-electron chi connectivity index (χ2n) is 4.16. The fourth-order valence-corrected chi connectivity index (χ4v) is 2.13. The molecule has 0 saturated carbocycles. The number of rotatable bonds is 4. The molecule has 0 saturated heterocycles. The maximum absolute atomic E-state index is 13.3. The molecule has 0 aliphatic carbocycles. The van der Waals surface area contributed by atoms with Crippen molar-refractivity contribution in [2.45, 2.75) is 6.54 Å². The first kappa shape index (κ1) is 14.8. The molecule has 0 aliphatic rings. The summed E-state index contributed by atoms with van der Waals surface area (Å²) in [6, 6.07) is 9.70. The minimum Gasteiger partial charge on any atom is -0.381 e. The zero-order valence-electron chi connectivity index (χ0n) is 10.3. The summed E-state index contributed by atoms with van der Waals surface area (Å²) in [4.78, 5) is 11.1. The van der Waals surface area contributed by atoms with Crippen molar-refractivity contribution < 1.29 is 9.18 Å². The predicted molar refractivity (Wildman–Crippen MR) is 81.4 cm³/mol. The minimum absolute atomic E-state index is 0.135. The molecular formula is C14H11BrClFN2O. The molecule has 0 spiro atoms. The van der Waals surface area contributed by atoms with E-state index in [-0.39, 0.29) is 5.56 Å². The standard InChI is InChI=1S/C14H11BrClFN2O/c15-11-3-1-8(5-12(11)16)7-19-9-2-4-13(17)10(6-9)14(18)20/h1-6,19H,7H2,(H2,18,20). The molecule has 0 unspecified atom stereocenters. The van der Waals surface area contributed by atoms with Crippen molar-refractivity contribution in [3.05, 3.63) is 62.8 Å². The van der Waals surface area contributed by atoms with Gasteiger partial charge >= 0.3 is 0 Å². The van der Waals surface area contributed by atoms with Crippen LogP contribution < -0.4 is 11.1 Å². The van der Waals surface area contributed by atoms with E-state index in [2.05, 4.69) is 21.2 Å². The van der Waals surface area contributed by atoms with E-state index in [0.717, 1.165) is 10.0 Å². The number of amides is 1. The van der Waals surface area contributed by atoms with E-state index in [1.165, 1.54) is 12.1 Å². The molecule has 6 heteroatoms. The molecule has 3 N–H and O–H groups in total. The number of primary amides is 1. The van der Waals surface area contributed by atoms with Crippen LogP contribution >= 0.6 is 27.5 Å². The highest BCUT2D eigenvalue weighted by Crippen LogP contribution is 2.24. The van der Waals surface area contributed by atoms with E-state index in [0.29, 0.717) is 17.3 Å². The van der Waals surface area contributed by atoms with Crippen LogP contribution in [-0.2, 0) is 6.54 Å². The lowest BCUT2D eigenvalue weighted by Crippen LogP contribution is -2.13. The van der Waals surface area contributed by atoms with E-state index in [1.807, 2.05) is 18.2 Å². The number of nitrogens with two attached hydrogens (primary N) is 1. The van der Waals surface area contributed by atoms with Gasteiger partial charge in [-0.25, -0.2) is 4.39 Å². The van der Waals surface area contributed by atoms with Gasteiger partial charge in [0.2, 0.25) is 0 Å². The van der Waals surface area contributed by atoms with Gasteiger partial charge in [0.05, 0.1) is 10.6 Å². The Hall–Kier alpha value is -1.59. The molecule has 2 aromatic carbocycles. The van der Waals surface area contributed by atoms with E-state index in [4.69, 9.17) is 17.3 Å². The summed E-state index contributed by atoms with van der Waals surface area (Å²) in [5, 5.41) is 3.69. The lowest BCUT2D eigenvalue weighted by molar-refractivity contribution is 0.0996. The first-order valence-electron chi connectivity index (χ1n) is 5.74. The zero-order chi connectivity index (χ0) is 14.7. The van der Waals surface area contributed by atoms with Crippen LogP contribution in [0.2, 0.25) is 5.02 Å². The van der Waals surface area contributed by atoms with Gasteiger partial charge in [-0.05, 0) is 51.8 Å². The van der Waals surface area contributed by atoms with Crippen LogP contribution in [0.15, 0.2) is 40.9 Å². The number of carbonyl (C=O) groups is 1. The molecule has 0 heterocycles. The quantitative estimate of drug-likeness (QED) is 0.870. The number of anilines is 1. The Morgan fingerprint density at radius 3 is 2.70 bits per heavy atom. The fraction of sp³-hybridized carbons (Fsp3) is 0.0714. The number of hydrogen-bond donors (Lipinski definition) is 2. The summed E-state index contributed by atoms with van der Waals surface area (Å²) in [6.45, 7) is 0.497. The van der Waals surface area contributed by atoms with Gasteiger partial charge in [0.1, 0.15) is 5.82 Å². The maximum atomic E-state index is 13.3. The van der Waals surface area contributed by atoms with Gasteiger partial charge in [-0.2, -0.15) is 0 Å². The van der Waals surface area contributed by atoms with Gasteiger partial charge < -0.3 is 11.1 Å².